The van der Waals surface area contributed by atoms with Gasteiger partial charge in [0, 0.05) is 5.69 Å². The number of nitrogens with one attached hydrogen (secondary N) is 2. The van der Waals surface area contributed by atoms with Crippen molar-refractivity contribution in [1.82, 2.24) is 10.2 Å². The SMILES string of the molecule is COc1ccc(NC(=O)CSc2nnc(Nc3ccccc3F)s2)cc1S(N)(=O)=O. The Morgan fingerprint density at radius 1 is 1.27 bits per heavy atom. The second kappa shape index (κ2) is 9.38. The highest BCUT2D eigenvalue weighted by molar-refractivity contribution is 8.01. The summed E-state index contributed by atoms with van der Waals surface area (Å²) < 4.78 is 42.5. The molecule has 1 heterocycles. The van der Waals surface area contributed by atoms with Gasteiger partial charge in [-0.1, -0.05) is 35.2 Å². The average Bonchev–Trinajstić information content (AvgIpc) is 3.15. The van der Waals surface area contributed by atoms with E-state index in [9.17, 15) is 17.6 Å². The summed E-state index contributed by atoms with van der Waals surface area (Å²) >= 11 is 2.30. The number of primary sulfonamides is 1. The molecule has 1 aromatic heterocycles. The van der Waals surface area contributed by atoms with Crippen molar-refractivity contribution in [3.8, 4) is 5.75 Å². The van der Waals surface area contributed by atoms with Gasteiger partial charge in [-0.25, -0.2) is 17.9 Å². The highest BCUT2D eigenvalue weighted by Crippen LogP contribution is 2.29. The zero-order chi connectivity index (χ0) is 21.7. The number of benzene rings is 2. The first kappa shape index (κ1) is 22.0. The predicted octanol–water partition coefficient (Wildman–Crippen LogP) is 2.81. The van der Waals surface area contributed by atoms with Crippen molar-refractivity contribution >= 4 is 55.5 Å². The lowest BCUT2D eigenvalue weighted by Gasteiger charge is -2.10. The van der Waals surface area contributed by atoms with Crippen LogP contribution in [0.4, 0.5) is 20.9 Å². The molecule has 9 nitrogen and oxygen atoms in total. The summed E-state index contributed by atoms with van der Waals surface area (Å²) in [5.41, 5.74) is 0.526. The molecule has 0 saturated carbocycles. The fourth-order valence-electron chi connectivity index (χ4n) is 2.30. The van der Waals surface area contributed by atoms with E-state index in [1.54, 1.807) is 18.2 Å². The number of sulfonamides is 1. The molecule has 30 heavy (non-hydrogen) atoms. The Morgan fingerprint density at radius 2 is 2.03 bits per heavy atom. The molecule has 1 amide bonds. The number of rotatable bonds is 8. The van der Waals surface area contributed by atoms with E-state index in [1.807, 2.05) is 0 Å². The number of hydrogen-bond acceptors (Lipinski definition) is 9. The van der Waals surface area contributed by atoms with Crippen LogP contribution in [0, 0.1) is 5.82 Å². The van der Waals surface area contributed by atoms with E-state index in [-0.39, 0.29) is 33.7 Å². The van der Waals surface area contributed by atoms with E-state index in [0.29, 0.717) is 9.47 Å². The number of aromatic nitrogens is 2. The van der Waals surface area contributed by atoms with Gasteiger partial charge < -0.3 is 15.4 Å². The summed E-state index contributed by atoms with van der Waals surface area (Å²) in [5.74, 6) is -0.719. The Balaban J connectivity index is 1.59. The molecule has 0 atom stereocenters. The van der Waals surface area contributed by atoms with Crippen molar-refractivity contribution in [3.05, 3.63) is 48.3 Å². The van der Waals surface area contributed by atoms with Crippen molar-refractivity contribution in [2.24, 2.45) is 5.14 Å². The number of ether oxygens (including phenoxy) is 1. The third-order valence-corrected chi connectivity index (χ3v) is 6.51. The number of carbonyl (C=O) groups is 1. The van der Waals surface area contributed by atoms with E-state index < -0.39 is 15.8 Å². The van der Waals surface area contributed by atoms with Crippen molar-refractivity contribution in [2.45, 2.75) is 9.24 Å². The summed E-state index contributed by atoms with van der Waals surface area (Å²) in [7, 11) is -2.70. The molecule has 3 aromatic rings. The topological polar surface area (TPSA) is 136 Å². The van der Waals surface area contributed by atoms with Crippen molar-refractivity contribution in [2.75, 3.05) is 23.5 Å². The molecule has 0 bridgehead atoms. The fraction of sp³-hybridized carbons (Fsp3) is 0.118. The first-order chi connectivity index (χ1) is 14.3. The van der Waals surface area contributed by atoms with Crippen molar-refractivity contribution in [1.29, 1.82) is 0 Å². The summed E-state index contributed by atoms with van der Waals surface area (Å²) in [6.07, 6.45) is 0. The lowest BCUT2D eigenvalue weighted by molar-refractivity contribution is -0.113. The van der Waals surface area contributed by atoms with Gasteiger partial charge in [-0.05, 0) is 30.3 Å². The maximum Gasteiger partial charge on any atom is 0.241 e. The average molecular weight is 470 g/mol. The summed E-state index contributed by atoms with van der Waals surface area (Å²) in [4.78, 5) is 12.0. The minimum atomic E-state index is -4.02. The Hall–Kier alpha value is -2.74. The standard InChI is InChI=1S/C17H16FN5O4S3/c1-27-13-7-6-10(8-14(13)30(19,25)26)20-15(24)9-28-17-23-22-16(29-17)21-12-5-3-2-4-11(12)18/h2-8H,9H2,1H3,(H,20,24)(H,21,22)(H2,19,25,26). The number of nitrogens with zero attached hydrogens (tertiary/aromatic N) is 2. The molecular formula is C17H16FN5O4S3. The van der Waals surface area contributed by atoms with Crippen LogP contribution in [0.25, 0.3) is 0 Å². The molecule has 13 heteroatoms. The Labute approximate surface area is 179 Å². The van der Waals surface area contributed by atoms with Crippen LogP contribution >= 0.6 is 23.1 Å². The number of anilines is 3. The zero-order valence-electron chi connectivity index (χ0n) is 15.5. The van der Waals surface area contributed by atoms with Crippen LogP contribution in [0.5, 0.6) is 5.75 Å². The van der Waals surface area contributed by atoms with Gasteiger partial charge in [-0.3, -0.25) is 4.79 Å². The van der Waals surface area contributed by atoms with E-state index in [1.165, 1.54) is 42.7 Å². The Kier molecular flexibility index (Phi) is 6.87. The molecule has 0 unspecified atom stereocenters. The van der Waals surface area contributed by atoms with Crippen LogP contribution in [0.2, 0.25) is 0 Å². The summed E-state index contributed by atoms with van der Waals surface area (Å²) in [6.45, 7) is 0. The molecule has 0 aliphatic rings. The molecule has 0 aliphatic heterocycles. The minimum Gasteiger partial charge on any atom is -0.495 e. The number of methoxy groups -OCH3 is 1. The molecule has 0 fully saturated rings. The first-order valence-corrected chi connectivity index (χ1v) is 11.6. The van der Waals surface area contributed by atoms with Crippen LogP contribution < -0.4 is 20.5 Å². The van der Waals surface area contributed by atoms with E-state index >= 15 is 0 Å². The summed E-state index contributed by atoms with van der Waals surface area (Å²) in [6, 6.07) is 10.3. The lowest BCUT2D eigenvalue weighted by Crippen LogP contribution is -2.16. The quantitative estimate of drug-likeness (QED) is 0.429. The molecular weight excluding hydrogens is 453 g/mol. The van der Waals surface area contributed by atoms with Crippen LogP contribution in [0.3, 0.4) is 0 Å². The maximum atomic E-state index is 13.7. The number of halogens is 1. The van der Waals surface area contributed by atoms with Gasteiger partial charge in [0.05, 0.1) is 18.6 Å². The highest BCUT2D eigenvalue weighted by Gasteiger charge is 2.17. The number of nitrogens with two attached hydrogens (primary N) is 1. The number of hydrogen-bond donors (Lipinski definition) is 3. The largest absolute Gasteiger partial charge is 0.495 e. The van der Waals surface area contributed by atoms with E-state index in [2.05, 4.69) is 20.8 Å². The molecule has 0 saturated heterocycles. The van der Waals surface area contributed by atoms with Gasteiger partial charge in [-0.2, -0.15) is 0 Å². The van der Waals surface area contributed by atoms with Gasteiger partial charge in [0.15, 0.2) is 4.34 Å². The minimum absolute atomic E-state index is 0.00503. The fourth-order valence-corrected chi connectivity index (χ4v) is 4.58. The third kappa shape index (κ3) is 5.66. The molecule has 4 N–H and O–H groups in total. The number of amides is 1. The Morgan fingerprint density at radius 3 is 2.73 bits per heavy atom. The van der Waals surface area contributed by atoms with E-state index in [4.69, 9.17) is 9.88 Å². The lowest BCUT2D eigenvalue weighted by atomic mass is 10.3. The maximum absolute atomic E-state index is 13.7. The molecule has 0 radical (unpaired) electrons. The second-order valence-electron chi connectivity index (χ2n) is 5.73. The second-order valence-corrected chi connectivity index (χ2v) is 9.46. The third-order valence-electron chi connectivity index (χ3n) is 3.60. The molecule has 0 aliphatic carbocycles. The van der Waals surface area contributed by atoms with Gasteiger partial charge in [0.2, 0.25) is 21.1 Å². The predicted molar refractivity (Wildman–Crippen MR) is 113 cm³/mol. The smallest absolute Gasteiger partial charge is 0.241 e. The van der Waals surface area contributed by atoms with Crippen LogP contribution in [0.15, 0.2) is 51.7 Å². The molecule has 3 rings (SSSR count). The molecule has 2 aromatic carbocycles. The normalized spacial score (nSPS) is 11.2. The monoisotopic (exact) mass is 469 g/mol. The Bertz CT molecular complexity index is 1170. The highest BCUT2D eigenvalue weighted by atomic mass is 32.2. The molecule has 0 spiro atoms. The van der Waals surface area contributed by atoms with Gasteiger partial charge in [0.25, 0.3) is 0 Å². The van der Waals surface area contributed by atoms with Gasteiger partial charge in [0.1, 0.15) is 16.5 Å². The van der Waals surface area contributed by atoms with Crippen molar-refractivity contribution < 1.29 is 22.3 Å². The van der Waals surface area contributed by atoms with E-state index in [0.717, 1.165) is 11.8 Å². The number of carbonyl (C=O) groups excluding carboxylic acids is 1. The van der Waals surface area contributed by atoms with Crippen LogP contribution in [0.1, 0.15) is 0 Å². The van der Waals surface area contributed by atoms with Crippen LogP contribution in [-0.2, 0) is 14.8 Å². The molecule has 158 valence electrons. The number of para-hydroxylation sites is 1. The first-order valence-electron chi connectivity index (χ1n) is 8.25. The van der Waals surface area contributed by atoms with Crippen molar-refractivity contribution in [3.63, 3.8) is 0 Å². The number of thioether (sulfide) groups is 1. The van der Waals surface area contributed by atoms with Gasteiger partial charge >= 0.3 is 0 Å². The van der Waals surface area contributed by atoms with Crippen LogP contribution in [-0.4, -0.2) is 37.4 Å². The zero-order valence-corrected chi connectivity index (χ0v) is 17.9. The van der Waals surface area contributed by atoms with Gasteiger partial charge in [-0.15, -0.1) is 10.2 Å². The summed E-state index contributed by atoms with van der Waals surface area (Å²) in [5, 5.41) is 18.8.